The molecule has 29 heavy (non-hydrogen) atoms. The lowest BCUT2D eigenvalue weighted by Gasteiger charge is -2.22. The second kappa shape index (κ2) is 8.57. The lowest BCUT2D eigenvalue weighted by atomic mass is 10.1. The molecule has 0 amide bonds. The van der Waals surface area contributed by atoms with Crippen molar-refractivity contribution in [1.82, 2.24) is 14.8 Å². The van der Waals surface area contributed by atoms with Gasteiger partial charge in [0.2, 0.25) is 0 Å². The molecule has 0 spiro atoms. The summed E-state index contributed by atoms with van der Waals surface area (Å²) in [6, 6.07) is 8.85. The number of hydrogen-bond acceptors (Lipinski definition) is 6. The van der Waals surface area contributed by atoms with Crippen LogP contribution in [0.3, 0.4) is 0 Å². The Morgan fingerprint density at radius 2 is 1.93 bits per heavy atom. The fourth-order valence-electron chi connectivity index (χ4n) is 3.37. The summed E-state index contributed by atoms with van der Waals surface area (Å²) in [6.07, 6.45) is 1.63. The summed E-state index contributed by atoms with van der Waals surface area (Å²) in [5.41, 5.74) is 2.94. The van der Waals surface area contributed by atoms with Crippen molar-refractivity contribution in [2.24, 2.45) is 0 Å². The van der Waals surface area contributed by atoms with E-state index in [0.717, 1.165) is 35.7 Å². The molecule has 0 fully saturated rings. The fourth-order valence-corrected chi connectivity index (χ4v) is 3.61. The molecule has 0 radical (unpaired) electrons. The van der Waals surface area contributed by atoms with Crippen molar-refractivity contribution in [3.63, 3.8) is 0 Å². The Morgan fingerprint density at radius 1 is 1.17 bits per heavy atom. The zero-order valence-corrected chi connectivity index (χ0v) is 17.9. The van der Waals surface area contributed by atoms with Gasteiger partial charge in [0.05, 0.1) is 24.0 Å². The van der Waals surface area contributed by atoms with Gasteiger partial charge in [-0.2, -0.15) is 5.10 Å². The maximum Gasteiger partial charge on any atom is 0.200 e. The van der Waals surface area contributed by atoms with Gasteiger partial charge in [-0.3, -0.25) is 9.67 Å². The fraction of sp³-hybridized carbons (Fsp3) is 0.333. The van der Waals surface area contributed by atoms with Crippen LogP contribution in [0.15, 0.2) is 30.3 Å². The highest BCUT2D eigenvalue weighted by Crippen LogP contribution is 2.36. The molecule has 8 heteroatoms. The molecule has 0 saturated carbocycles. The normalized spacial score (nSPS) is 10.9. The number of aryl methyl sites for hydroxylation is 1. The summed E-state index contributed by atoms with van der Waals surface area (Å²) in [7, 11) is 3.66. The van der Waals surface area contributed by atoms with Crippen LogP contribution in [-0.4, -0.2) is 45.7 Å². The van der Waals surface area contributed by atoms with E-state index in [1.165, 1.54) is 6.07 Å². The molecule has 0 atom stereocenters. The Bertz CT molecular complexity index is 1070. The smallest absolute Gasteiger partial charge is 0.200 e. The molecule has 7 nitrogen and oxygen atoms in total. The number of nitrogens with one attached hydrogen (secondary N) is 1. The van der Waals surface area contributed by atoms with Crippen molar-refractivity contribution in [3.05, 3.63) is 40.7 Å². The molecule has 1 aromatic heterocycles. The number of H-pyrrole nitrogens is 1. The molecular formula is C21H26N4O3S. The Morgan fingerprint density at radius 3 is 2.59 bits per heavy atom. The maximum atomic E-state index is 10.5. The molecule has 154 valence electrons. The van der Waals surface area contributed by atoms with Crippen molar-refractivity contribution < 1.29 is 14.9 Å². The largest absolute Gasteiger partial charge is 0.508 e. The average molecular weight is 415 g/mol. The number of rotatable bonds is 7. The summed E-state index contributed by atoms with van der Waals surface area (Å²) < 4.78 is 7.69. The van der Waals surface area contributed by atoms with E-state index in [-0.39, 0.29) is 11.5 Å². The zero-order chi connectivity index (χ0) is 21.1. The predicted octanol–water partition coefficient (Wildman–Crippen LogP) is 4.43. The lowest BCUT2D eigenvalue weighted by molar-refractivity contribution is 0.414. The third-order valence-corrected chi connectivity index (χ3v) is 5.16. The van der Waals surface area contributed by atoms with Crippen LogP contribution < -0.4 is 9.64 Å². The summed E-state index contributed by atoms with van der Waals surface area (Å²) in [5.74, 6) is 1.23. The van der Waals surface area contributed by atoms with Crippen LogP contribution in [0.1, 0.15) is 25.8 Å². The number of methoxy groups -OCH3 is 1. The number of benzene rings is 2. The maximum absolute atomic E-state index is 10.5. The minimum atomic E-state index is -0.0632. The van der Waals surface area contributed by atoms with E-state index in [4.69, 9.17) is 17.0 Å². The van der Waals surface area contributed by atoms with Crippen LogP contribution >= 0.6 is 12.2 Å². The highest BCUT2D eigenvalue weighted by atomic mass is 32.1. The number of anilines is 1. The zero-order valence-electron chi connectivity index (χ0n) is 17.1. The van der Waals surface area contributed by atoms with Crippen molar-refractivity contribution in [3.8, 4) is 34.3 Å². The van der Waals surface area contributed by atoms with Crippen LogP contribution in [0.25, 0.3) is 17.1 Å². The summed E-state index contributed by atoms with van der Waals surface area (Å²) >= 11 is 5.48. The number of aromatic amines is 1. The van der Waals surface area contributed by atoms with E-state index in [2.05, 4.69) is 22.0 Å². The second-order valence-corrected chi connectivity index (χ2v) is 7.20. The van der Waals surface area contributed by atoms with E-state index in [0.29, 0.717) is 22.6 Å². The SMILES string of the molecule is CCCN(C)c1cc(-n2c(-c3cc(CC)c(O)cc3O)n[nH]c2=S)ccc1OC. The van der Waals surface area contributed by atoms with Gasteiger partial charge < -0.3 is 19.8 Å². The molecular weight excluding hydrogens is 388 g/mol. The van der Waals surface area contributed by atoms with E-state index in [9.17, 15) is 10.2 Å². The third-order valence-electron chi connectivity index (χ3n) is 4.88. The molecule has 0 unspecified atom stereocenters. The Kier molecular flexibility index (Phi) is 6.12. The highest BCUT2D eigenvalue weighted by Gasteiger charge is 2.18. The lowest BCUT2D eigenvalue weighted by Crippen LogP contribution is -2.18. The van der Waals surface area contributed by atoms with Crippen molar-refractivity contribution in [2.75, 3.05) is 25.6 Å². The molecule has 0 saturated heterocycles. The number of nitrogens with zero attached hydrogens (tertiary/aromatic N) is 3. The van der Waals surface area contributed by atoms with Gasteiger partial charge in [0.1, 0.15) is 17.2 Å². The van der Waals surface area contributed by atoms with Gasteiger partial charge in [-0.05, 0) is 54.9 Å². The van der Waals surface area contributed by atoms with E-state index in [1.807, 2.05) is 32.2 Å². The third kappa shape index (κ3) is 3.93. The van der Waals surface area contributed by atoms with Gasteiger partial charge in [0.15, 0.2) is 10.6 Å². The minimum absolute atomic E-state index is 0.0577. The van der Waals surface area contributed by atoms with Crippen LogP contribution in [0.5, 0.6) is 17.2 Å². The standard InChI is InChI=1S/C21H26N4O3S/c1-5-9-24(3)16-11-14(7-8-19(16)28-4)25-20(22-23-21(25)29)15-10-13(6-2)17(26)12-18(15)27/h7-8,10-12,26-27H,5-6,9H2,1-4H3,(H,23,29). The van der Waals surface area contributed by atoms with Crippen LogP contribution in [0.4, 0.5) is 5.69 Å². The minimum Gasteiger partial charge on any atom is -0.508 e. The van der Waals surface area contributed by atoms with Crippen molar-refractivity contribution >= 4 is 17.9 Å². The van der Waals surface area contributed by atoms with Gasteiger partial charge in [0.25, 0.3) is 0 Å². The first-order valence-corrected chi connectivity index (χ1v) is 9.94. The van der Waals surface area contributed by atoms with E-state index in [1.54, 1.807) is 17.7 Å². The van der Waals surface area contributed by atoms with E-state index >= 15 is 0 Å². The molecule has 0 bridgehead atoms. The number of hydrogen-bond donors (Lipinski definition) is 3. The molecule has 3 N–H and O–H groups in total. The van der Waals surface area contributed by atoms with Crippen LogP contribution in [-0.2, 0) is 6.42 Å². The Balaban J connectivity index is 2.19. The summed E-state index contributed by atoms with van der Waals surface area (Å²) in [4.78, 5) is 2.12. The molecule has 3 aromatic rings. The quantitative estimate of drug-likeness (QED) is 0.496. The van der Waals surface area contributed by atoms with Crippen LogP contribution in [0.2, 0.25) is 0 Å². The van der Waals surface area contributed by atoms with Crippen LogP contribution in [0, 0.1) is 4.77 Å². The monoisotopic (exact) mass is 414 g/mol. The number of aromatic hydroxyl groups is 2. The number of aromatic nitrogens is 3. The van der Waals surface area contributed by atoms with Crippen molar-refractivity contribution in [2.45, 2.75) is 26.7 Å². The van der Waals surface area contributed by atoms with Crippen molar-refractivity contribution in [1.29, 1.82) is 0 Å². The number of phenols is 2. The first-order valence-electron chi connectivity index (χ1n) is 9.53. The molecule has 2 aromatic carbocycles. The van der Waals surface area contributed by atoms with Gasteiger partial charge in [-0.15, -0.1) is 0 Å². The first kappa shape index (κ1) is 20.7. The summed E-state index contributed by atoms with van der Waals surface area (Å²) in [6.45, 7) is 4.93. The molecule has 0 aliphatic heterocycles. The van der Waals surface area contributed by atoms with Gasteiger partial charge in [-0.1, -0.05) is 13.8 Å². The number of phenolic OH excluding ortho intramolecular Hbond substituents is 2. The Labute approximate surface area is 175 Å². The number of ether oxygens (including phenoxy) is 1. The Hall–Kier alpha value is -3.00. The van der Waals surface area contributed by atoms with Gasteiger partial charge >= 0.3 is 0 Å². The van der Waals surface area contributed by atoms with Gasteiger partial charge in [0, 0.05) is 19.7 Å². The average Bonchev–Trinajstić information content (AvgIpc) is 3.09. The predicted molar refractivity (Wildman–Crippen MR) is 117 cm³/mol. The molecule has 0 aliphatic carbocycles. The molecule has 3 rings (SSSR count). The van der Waals surface area contributed by atoms with Gasteiger partial charge in [-0.25, -0.2) is 0 Å². The second-order valence-electron chi connectivity index (χ2n) is 6.82. The molecule has 1 heterocycles. The summed E-state index contributed by atoms with van der Waals surface area (Å²) in [5, 5.41) is 27.6. The first-order chi connectivity index (χ1) is 13.9. The molecule has 0 aliphatic rings. The topological polar surface area (TPSA) is 86.5 Å². The highest BCUT2D eigenvalue weighted by molar-refractivity contribution is 7.71. The van der Waals surface area contributed by atoms with E-state index < -0.39 is 0 Å².